The van der Waals surface area contributed by atoms with Gasteiger partial charge in [-0.2, -0.15) is 0 Å². The molecule has 0 spiro atoms. The van der Waals surface area contributed by atoms with Gasteiger partial charge < -0.3 is 9.31 Å². The third-order valence-corrected chi connectivity index (χ3v) is 7.68. The average Bonchev–Trinajstić information content (AvgIpc) is 3.20. The summed E-state index contributed by atoms with van der Waals surface area (Å²) in [5.41, 5.74) is 7.50. The second-order valence-corrected chi connectivity index (χ2v) is 10.8. The molecule has 1 fully saturated rings. The van der Waals surface area contributed by atoms with Gasteiger partial charge in [0, 0.05) is 5.56 Å². The van der Waals surface area contributed by atoms with E-state index in [1.54, 1.807) is 6.92 Å². The van der Waals surface area contributed by atoms with Gasteiger partial charge in [0.25, 0.3) is 0 Å². The van der Waals surface area contributed by atoms with E-state index in [1.165, 1.54) is 0 Å². The standard InChI is InChI=1S/C34H33BO3.C2H6/c1-24(36)25-16-18-28(19-17-25)31(26-12-8-6-9-13-26)32(27-14-10-7-11-15-27)29-20-22-30(23-21-29)35-37-33(2,3)34(4,5)38-35;1-2/h6-23H,1-5H3;1-2H3/b32-31+;. The Balaban J connectivity index is 0.00000181. The lowest BCUT2D eigenvalue weighted by molar-refractivity contribution is 0.00578. The van der Waals surface area contributed by atoms with E-state index < -0.39 is 18.3 Å². The topological polar surface area (TPSA) is 35.5 Å². The molecule has 0 unspecified atom stereocenters. The molecule has 1 aliphatic heterocycles. The highest BCUT2D eigenvalue weighted by Crippen LogP contribution is 2.38. The summed E-state index contributed by atoms with van der Waals surface area (Å²) in [6.45, 7) is 13.9. The predicted octanol–water partition coefficient (Wildman–Crippen LogP) is 8.22. The first kappa shape index (κ1) is 29.3. The predicted molar refractivity (Wildman–Crippen MR) is 168 cm³/mol. The third-order valence-electron chi connectivity index (χ3n) is 7.68. The van der Waals surface area contributed by atoms with Crippen molar-refractivity contribution >= 4 is 29.5 Å². The fourth-order valence-corrected chi connectivity index (χ4v) is 4.78. The van der Waals surface area contributed by atoms with Crippen molar-refractivity contribution in [2.24, 2.45) is 0 Å². The molecule has 5 rings (SSSR count). The molecule has 4 aromatic carbocycles. The van der Waals surface area contributed by atoms with Crippen LogP contribution in [0.25, 0.3) is 11.1 Å². The first-order chi connectivity index (χ1) is 19.2. The van der Waals surface area contributed by atoms with E-state index in [0.29, 0.717) is 5.56 Å². The Hall–Kier alpha value is -3.73. The van der Waals surface area contributed by atoms with Crippen LogP contribution in [0, 0.1) is 0 Å². The average molecular weight is 531 g/mol. The fourth-order valence-electron chi connectivity index (χ4n) is 4.78. The van der Waals surface area contributed by atoms with E-state index in [2.05, 4.69) is 100 Å². The van der Waals surface area contributed by atoms with Crippen LogP contribution in [-0.4, -0.2) is 24.1 Å². The molecule has 1 heterocycles. The van der Waals surface area contributed by atoms with Crippen molar-refractivity contribution in [1.82, 2.24) is 0 Å². The Morgan fingerprint density at radius 1 is 0.525 bits per heavy atom. The number of benzene rings is 4. The van der Waals surface area contributed by atoms with Crippen molar-refractivity contribution in [2.75, 3.05) is 0 Å². The van der Waals surface area contributed by atoms with Gasteiger partial charge in [0.15, 0.2) is 5.78 Å². The second-order valence-electron chi connectivity index (χ2n) is 10.8. The first-order valence-corrected chi connectivity index (χ1v) is 14.1. The van der Waals surface area contributed by atoms with Crippen molar-refractivity contribution in [3.05, 3.63) is 137 Å². The molecule has 4 heteroatoms. The number of hydrogen-bond acceptors (Lipinski definition) is 3. The van der Waals surface area contributed by atoms with Gasteiger partial charge in [-0.05, 0) is 73.5 Å². The van der Waals surface area contributed by atoms with Gasteiger partial charge in [0.05, 0.1) is 11.2 Å². The summed E-state index contributed by atoms with van der Waals surface area (Å²) in [5.74, 6) is 0.0587. The summed E-state index contributed by atoms with van der Waals surface area (Å²) in [5, 5.41) is 0. The van der Waals surface area contributed by atoms with Crippen LogP contribution in [0.15, 0.2) is 109 Å². The summed E-state index contributed by atoms with van der Waals surface area (Å²) in [6, 6.07) is 37.3. The van der Waals surface area contributed by atoms with E-state index in [9.17, 15) is 4.79 Å². The van der Waals surface area contributed by atoms with Gasteiger partial charge in [-0.1, -0.05) is 123 Å². The highest BCUT2D eigenvalue weighted by atomic mass is 16.7. The van der Waals surface area contributed by atoms with Crippen molar-refractivity contribution in [1.29, 1.82) is 0 Å². The van der Waals surface area contributed by atoms with Crippen molar-refractivity contribution in [3.8, 4) is 0 Å². The Morgan fingerprint density at radius 3 is 1.23 bits per heavy atom. The van der Waals surface area contributed by atoms with E-state index in [-0.39, 0.29) is 5.78 Å². The van der Waals surface area contributed by atoms with Crippen molar-refractivity contribution in [2.45, 2.75) is 59.7 Å². The van der Waals surface area contributed by atoms with Gasteiger partial charge in [-0.25, -0.2) is 0 Å². The molecule has 0 aromatic heterocycles. The molecule has 0 aliphatic carbocycles. The Kier molecular flexibility index (Phi) is 8.93. The summed E-state index contributed by atoms with van der Waals surface area (Å²) >= 11 is 0. The van der Waals surface area contributed by atoms with Crippen molar-refractivity contribution < 1.29 is 14.1 Å². The SMILES string of the molecule is CC.CC(=O)c1ccc(/C(=C(\c2ccccc2)c2ccc(B3OC(C)(C)C(C)(C)O3)cc2)c2ccccc2)cc1. The molecule has 0 bridgehead atoms. The van der Waals surface area contributed by atoms with Crippen LogP contribution in [0.4, 0.5) is 0 Å². The molecule has 0 radical (unpaired) electrons. The molecule has 0 amide bonds. The Morgan fingerprint density at radius 2 is 0.850 bits per heavy atom. The van der Waals surface area contributed by atoms with E-state index in [4.69, 9.17) is 9.31 Å². The van der Waals surface area contributed by atoms with Gasteiger partial charge in [0.1, 0.15) is 0 Å². The lowest BCUT2D eigenvalue weighted by Crippen LogP contribution is -2.41. The normalized spacial score (nSPS) is 16.0. The van der Waals surface area contributed by atoms with Gasteiger partial charge in [-0.3, -0.25) is 4.79 Å². The maximum atomic E-state index is 12.0. The van der Waals surface area contributed by atoms with Gasteiger partial charge in [-0.15, -0.1) is 0 Å². The minimum Gasteiger partial charge on any atom is -0.399 e. The highest BCUT2D eigenvalue weighted by molar-refractivity contribution is 6.62. The molecule has 0 saturated carbocycles. The van der Waals surface area contributed by atoms with Crippen LogP contribution in [0.5, 0.6) is 0 Å². The lowest BCUT2D eigenvalue weighted by atomic mass is 9.77. The first-order valence-electron chi connectivity index (χ1n) is 14.1. The van der Waals surface area contributed by atoms with Gasteiger partial charge in [0.2, 0.25) is 0 Å². The molecule has 204 valence electrons. The monoisotopic (exact) mass is 530 g/mol. The van der Waals surface area contributed by atoms with Crippen LogP contribution in [-0.2, 0) is 9.31 Å². The fraction of sp³-hybridized carbons (Fsp3) is 0.250. The summed E-state index contributed by atoms with van der Waals surface area (Å²) in [6.07, 6.45) is 0. The van der Waals surface area contributed by atoms with Crippen LogP contribution < -0.4 is 5.46 Å². The molecule has 1 aliphatic rings. The zero-order valence-corrected chi connectivity index (χ0v) is 24.7. The smallest absolute Gasteiger partial charge is 0.399 e. The van der Waals surface area contributed by atoms with E-state index in [0.717, 1.165) is 38.9 Å². The number of carbonyl (C=O) groups is 1. The zero-order chi connectivity index (χ0) is 28.9. The number of ketones is 1. The summed E-state index contributed by atoms with van der Waals surface area (Å²) in [4.78, 5) is 12.0. The van der Waals surface area contributed by atoms with Gasteiger partial charge >= 0.3 is 7.12 Å². The largest absolute Gasteiger partial charge is 0.494 e. The van der Waals surface area contributed by atoms with E-state index >= 15 is 0 Å². The maximum absolute atomic E-state index is 12.0. The van der Waals surface area contributed by atoms with Crippen molar-refractivity contribution in [3.63, 3.8) is 0 Å². The Bertz CT molecular complexity index is 1440. The number of rotatable bonds is 6. The Labute approximate surface area is 240 Å². The molecule has 3 nitrogen and oxygen atoms in total. The number of Topliss-reactive ketones (excluding diaryl/α,β-unsaturated/α-hetero) is 1. The highest BCUT2D eigenvalue weighted by Gasteiger charge is 2.51. The summed E-state index contributed by atoms with van der Waals surface area (Å²) < 4.78 is 12.6. The third kappa shape index (κ3) is 6.04. The van der Waals surface area contributed by atoms with Crippen LogP contribution >= 0.6 is 0 Å². The summed E-state index contributed by atoms with van der Waals surface area (Å²) in [7, 11) is -0.411. The van der Waals surface area contributed by atoms with Crippen LogP contribution in [0.1, 0.15) is 81.1 Å². The molecule has 0 N–H and O–H groups in total. The molecular formula is C36H39BO3. The molecule has 1 saturated heterocycles. The molecular weight excluding hydrogens is 491 g/mol. The maximum Gasteiger partial charge on any atom is 0.494 e. The van der Waals surface area contributed by atoms with Crippen LogP contribution in [0.3, 0.4) is 0 Å². The zero-order valence-electron chi connectivity index (χ0n) is 24.7. The molecule has 4 aromatic rings. The minimum atomic E-state index is -0.411. The van der Waals surface area contributed by atoms with E-state index in [1.807, 2.05) is 50.2 Å². The second kappa shape index (κ2) is 12.2. The molecule has 40 heavy (non-hydrogen) atoms. The van der Waals surface area contributed by atoms with Crippen LogP contribution in [0.2, 0.25) is 0 Å². The number of carbonyl (C=O) groups excluding carboxylic acids is 1. The quantitative estimate of drug-likeness (QED) is 0.143. The molecule has 0 atom stereocenters. The lowest BCUT2D eigenvalue weighted by Gasteiger charge is -2.32. The number of hydrogen-bond donors (Lipinski definition) is 0. The minimum absolute atomic E-state index is 0.0587.